The zero-order valence-corrected chi connectivity index (χ0v) is 24.5. The van der Waals surface area contributed by atoms with Crippen LogP contribution in [0.15, 0.2) is 23.8 Å². The Bertz CT molecular complexity index is 1130. The van der Waals surface area contributed by atoms with Crippen molar-refractivity contribution in [3.8, 4) is 6.07 Å². The first-order valence-electron chi connectivity index (χ1n) is 14.9. The van der Waals surface area contributed by atoms with Crippen LogP contribution in [0.25, 0.3) is 0 Å². The van der Waals surface area contributed by atoms with Crippen LogP contribution in [0.2, 0.25) is 0 Å². The molecule has 5 heteroatoms. The van der Waals surface area contributed by atoms with Gasteiger partial charge in [0.1, 0.15) is 17.4 Å². The Balaban J connectivity index is 1.58. The van der Waals surface area contributed by atoms with Gasteiger partial charge in [0.05, 0.1) is 0 Å². The number of hydrogen-bond acceptors (Lipinski definition) is 5. The van der Waals surface area contributed by atoms with E-state index in [1.54, 1.807) is 0 Å². The fraction of sp³-hybridized carbons (Fsp3) is 0.788. The van der Waals surface area contributed by atoms with Crippen molar-refractivity contribution in [3.05, 3.63) is 23.8 Å². The minimum Gasteiger partial charge on any atom is -0.369 e. The van der Waals surface area contributed by atoms with Crippen LogP contribution in [0.1, 0.15) is 106 Å². The zero-order valence-electron chi connectivity index (χ0n) is 24.5. The summed E-state index contributed by atoms with van der Waals surface area (Å²) in [6.07, 6.45) is 12.5. The van der Waals surface area contributed by atoms with Gasteiger partial charge in [-0.2, -0.15) is 11.2 Å². The molecule has 5 rings (SSSR count). The third-order valence-electron chi connectivity index (χ3n) is 13.8. The van der Waals surface area contributed by atoms with Crippen LogP contribution >= 0.6 is 0 Å². The second kappa shape index (κ2) is 8.79. The summed E-state index contributed by atoms with van der Waals surface area (Å²) in [5, 5.41) is 9.81. The lowest BCUT2D eigenvalue weighted by Gasteiger charge is -2.72. The van der Waals surface area contributed by atoms with Gasteiger partial charge in [-0.1, -0.05) is 52.8 Å². The highest BCUT2D eigenvalue weighted by Gasteiger charge is 2.70. The van der Waals surface area contributed by atoms with E-state index >= 15 is 0 Å². The Labute approximate surface area is 229 Å². The normalized spacial score (nSPS) is 47.6. The molecular formula is C33H48N2O3. The quantitative estimate of drug-likeness (QED) is 0.186. The van der Waals surface area contributed by atoms with Crippen molar-refractivity contribution in [2.45, 2.75) is 106 Å². The number of nitriles is 1. The molecule has 0 aliphatic heterocycles. The summed E-state index contributed by atoms with van der Waals surface area (Å²) in [5.74, 6) is 7.24. The highest BCUT2D eigenvalue weighted by Crippen LogP contribution is 2.77. The number of carbonyl (C=O) groups excluding carboxylic acids is 2. The van der Waals surface area contributed by atoms with Crippen molar-refractivity contribution in [1.29, 1.82) is 5.26 Å². The minimum atomic E-state index is -0.732. The third-order valence-corrected chi connectivity index (χ3v) is 13.8. The van der Waals surface area contributed by atoms with Crippen LogP contribution in [-0.2, 0) is 14.4 Å². The summed E-state index contributed by atoms with van der Waals surface area (Å²) in [4.78, 5) is 29.9. The van der Waals surface area contributed by atoms with E-state index in [0.29, 0.717) is 35.4 Å². The van der Waals surface area contributed by atoms with Gasteiger partial charge in [0, 0.05) is 11.8 Å². The van der Waals surface area contributed by atoms with E-state index in [4.69, 9.17) is 5.90 Å². The Morgan fingerprint density at radius 2 is 1.71 bits per heavy atom. The molecule has 5 aliphatic rings. The van der Waals surface area contributed by atoms with Crippen LogP contribution in [0.5, 0.6) is 0 Å². The van der Waals surface area contributed by atoms with Crippen LogP contribution in [0, 0.1) is 68.0 Å². The predicted molar refractivity (Wildman–Crippen MR) is 148 cm³/mol. The number of rotatable bonds is 3. The van der Waals surface area contributed by atoms with Gasteiger partial charge in [-0.15, -0.1) is 0 Å². The molecule has 208 valence electrons. The monoisotopic (exact) mass is 520 g/mol. The molecule has 5 aliphatic carbocycles. The SMILES string of the molecule is C=C(C)[C@@H]1CC[C@]2(/C=C(/C#N)C(=O)ON)CC[C@]3(C)[C@H](CC[C@@H]4[C@@]5(C)CCC(=O)C(C)(C)[C@@H]5CC[C@]43C)[C@@H]12. The predicted octanol–water partition coefficient (Wildman–Crippen LogP) is 7.08. The smallest absolute Gasteiger partial charge is 0.367 e. The summed E-state index contributed by atoms with van der Waals surface area (Å²) >= 11 is 0. The second-order valence-corrected chi connectivity index (χ2v) is 15.1. The average Bonchev–Trinajstić information content (AvgIpc) is 3.25. The molecule has 0 aromatic heterocycles. The first-order chi connectivity index (χ1) is 17.7. The van der Waals surface area contributed by atoms with Crippen molar-refractivity contribution >= 4 is 11.8 Å². The van der Waals surface area contributed by atoms with Gasteiger partial charge < -0.3 is 4.84 Å². The maximum Gasteiger partial charge on any atom is 0.367 e. The fourth-order valence-electron chi connectivity index (χ4n) is 11.7. The summed E-state index contributed by atoms with van der Waals surface area (Å²) in [6, 6.07) is 2.09. The molecular weight excluding hydrogens is 472 g/mol. The first-order valence-corrected chi connectivity index (χ1v) is 14.9. The van der Waals surface area contributed by atoms with Gasteiger partial charge >= 0.3 is 5.97 Å². The number of nitrogens with two attached hydrogens (primary N) is 1. The van der Waals surface area contributed by atoms with E-state index in [2.05, 4.69) is 59.0 Å². The Hall–Kier alpha value is -1.93. The van der Waals surface area contributed by atoms with E-state index in [9.17, 15) is 14.9 Å². The number of carbonyl (C=O) groups is 2. The van der Waals surface area contributed by atoms with Crippen molar-refractivity contribution in [3.63, 3.8) is 0 Å². The number of Topliss-reactive ketones (excluding diaryl/α,β-unsaturated/α-hetero) is 1. The topological polar surface area (TPSA) is 93.2 Å². The highest BCUT2D eigenvalue weighted by atomic mass is 16.7. The number of ketones is 1. The summed E-state index contributed by atoms with van der Waals surface area (Å²) in [7, 11) is 0. The standard InChI is InChI=1S/C33H48N2O3/c1-20(2)22-10-15-33(18-21(19-34)28(37)38-35)17-16-31(6)23(27(22)33)8-9-25-30(5)13-12-26(36)29(3,4)24(30)11-14-32(25,31)7/h18,22-25,27H,1,8-17,35H2,2-7H3/b21-18-/t22-,23+,24-,25+,27+,30-,31+,32+,33+/m0/s1. The lowest BCUT2D eigenvalue weighted by molar-refractivity contribution is -0.230. The molecule has 0 heterocycles. The average molecular weight is 521 g/mol. The van der Waals surface area contributed by atoms with Gasteiger partial charge in [-0.25, -0.2) is 4.79 Å². The van der Waals surface area contributed by atoms with E-state index in [1.165, 1.54) is 24.8 Å². The van der Waals surface area contributed by atoms with E-state index < -0.39 is 5.97 Å². The van der Waals surface area contributed by atoms with Gasteiger partial charge in [-0.05, 0) is 116 Å². The molecule has 9 atom stereocenters. The van der Waals surface area contributed by atoms with Crippen molar-refractivity contribution in [1.82, 2.24) is 0 Å². The van der Waals surface area contributed by atoms with Crippen molar-refractivity contribution < 1.29 is 14.4 Å². The minimum absolute atomic E-state index is 0.0467. The van der Waals surface area contributed by atoms with E-state index in [0.717, 1.165) is 44.9 Å². The number of fused-ring (bicyclic) bond motifs is 7. The molecule has 0 unspecified atom stereocenters. The molecule has 38 heavy (non-hydrogen) atoms. The molecule has 0 spiro atoms. The first kappa shape index (κ1) is 27.6. The molecule has 2 N–H and O–H groups in total. The second-order valence-electron chi connectivity index (χ2n) is 15.1. The largest absolute Gasteiger partial charge is 0.369 e. The maximum absolute atomic E-state index is 13.0. The van der Waals surface area contributed by atoms with Crippen LogP contribution in [0.3, 0.4) is 0 Å². The van der Waals surface area contributed by atoms with E-state index in [1.807, 2.05) is 6.08 Å². The summed E-state index contributed by atoms with van der Waals surface area (Å²) in [6.45, 7) is 18.7. The van der Waals surface area contributed by atoms with Gasteiger partial charge in [0.15, 0.2) is 0 Å². The number of nitrogens with zero attached hydrogens (tertiary/aromatic N) is 1. The van der Waals surface area contributed by atoms with Crippen LogP contribution < -0.4 is 5.90 Å². The third kappa shape index (κ3) is 3.44. The molecule has 0 aromatic carbocycles. The molecule has 5 nitrogen and oxygen atoms in total. The fourth-order valence-corrected chi connectivity index (χ4v) is 11.7. The molecule has 5 fully saturated rings. The van der Waals surface area contributed by atoms with Crippen molar-refractivity contribution in [2.24, 2.45) is 62.6 Å². The molecule has 0 saturated heterocycles. The molecule has 0 radical (unpaired) electrons. The Kier molecular flexibility index (Phi) is 6.39. The van der Waals surface area contributed by atoms with Gasteiger partial charge in [-0.3, -0.25) is 4.79 Å². The highest BCUT2D eigenvalue weighted by molar-refractivity contribution is 5.92. The van der Waals surface area contributed by atoms with Crippen LogP contribution in [0.4, 0.5) is 0 Å². The van der Waals surface area contributed by atoms with E-state index in [-0.39, 0.29) is 32.6 Å². The summed E-state index contributed by atoms with van der Waals surface area (Å²) in [5.41, 5.74) is 1.39. The molecule has 0 aromatic rings. The molecule has 0 amide bonds. The maximum atomic E-state index is 13.0. The van der Waals surface area contributed by atoms with Crippen LogP contribution in [-0.4, -0.2) is 11.8 Å². The molecule has 0 bridgehead atoms. The van der Waals surface area contributed by atoms with Crippen molar-refractivity contribution in [2.75, 3.05) is 0 Å². The number of allylic oxidation sites excluding steroid dienone is 2. The lowest BCUT2D eigenvalue weighted by atomic mass is 9.32. The van der Waals surface area contributed by atoms with Gasteiger partial charge in [0.25, 0.3) is 0 Å². The Morgan fingerprint density at radius 3 is 2.34 bits per heavy atom. The zero-order chi connectivity index (χ0) is 27.9. The lowest BCUT2D eigenvalue weighted by Crippen LogP contribution is -2.66. The molecule has 5 saturated carbocycles. The van der Waals surface area contributed by atoms with Gasteiger partial charge in [0.2, 0.25) is 0 Å². The number of hydrogen-bond donors (Lipinski definition) is 1. The Morgan fingerprint density at radius 1 is 1.00 bits per heavy atom. The summed E-state index contributed by atoms with van der Waals surface area (Å²) < 4.78 is 0.